The Morgan fingerprint density at radius 3 is 2.17 bits per heavy atom. The number of fused-ring (bicyclic) bond motifs is 1. The molecule has 1 unspecified atom stereocenters. The summed E-state index contributed by atoms with van der Waals surface area (Å²) in [5.74, 6) is 0.0755. The van der Waals surface area contributed by atoms with E-state index in [2.05, 4.69) is 13.8 Å². The minimum atomic E-state index is -0.545. The topological polar surface area (TPSA) is 93.2 Å². The number of carbonyl (C=O) groups is 4. The first-order valence-corrected chi connectivity index (χ1v) is 11.7. The molecule has 0 spiro atoms. The molecule has 0 radical (unpaired) electrons. The standard InChI is InChI=1S/C19H16N2O4.C8H16O2/c1-12-6-8-13(9-7-12)20-10-14(25-19(20)24)11-21-17(22)15-4-2-3-5-16(15)18(21)23;1-7(2)4-5-10-6-8(3)9/h2-9,14H,10-11H2,1H3;7H,4-6H2,1-3H3. The number of imide groups is 1. The summed E-state index contributed by atoms with van der Waals surface area (Å²) in [7, 11) is 0. The van der Waals surface area contributed by atoms with E-state index in [1.165, 1.54) is 11.8 Å². The third kappa shape index (κ3) is 6.76. The van der Waals surface area contributed by atoms with Crippen LogP contribution in [0, 0.1) is 12.8 Å². The molecule has 8 heteroatoms. The van der Waals surface area contributed by atoms with Crippen molar-refractivity contribution in [2.24, 2.45) is 5.92 Å². The second-order valence-corrected chi connectivity index (χ2v) is 9.16. The van der Waals surface area contributed by atoms with Crippen LogP contribution in [0.2, 0.25) is 0 Å². The molecule has 4 rings (SSSR count). The van der Waals surface area contributed by atoms with E-state index >= 15 is 0 Å². The van der Waals surface area contributed by atoms with Gasteiger partial charge in [0.05, 0.1) is 24.2 Å². The number of cyclic esters (lactones) is 1. The van der Waals surface area contributed by atoms with Gasteiger partial charge in [0.15, 0.2) is 5.78 Å². The maximum absolute atomic E-state index is 12.4. The number of ketones is 1. The number of carbonyl (C=O) groups excluding carboxylic acids is 4. The Kier molecular flexibility index (Phi) is 8.76. The van der Waals surface area contributed by atoms with Crippen molar-refractivity contribution >= 4 is 29.4 Å². The van der Waals surface area contributed by atoms with Crippen LogP contribution >= 0.6 is 0 Å². The predicted octanol–water partition coefficient (Wildman–Crippen LogP) is 4.25. The molecular weight excluding hydrogens is 448 g/mol. The Labute approximate surface area is 205 Å². The quantitative estimate of drug-likeness (QED) is 0.414. The largest absolute Gasteiger partial charge is 0.442 e. The van der Waals surface area contributed by atoms with E-state index in [9.17, 15) is 19.2 Å². The third-order valence-electron chi connectivity index (χ3n) is 5.63. The summed E-state index contributed by atoms with van der Waals surface area (Å²) in [5.41, 5.74) is 2.62. The molecule has 0 saturated carbocycles. The highest BCUT2D eigenvalue weighted by molar-refractivity contribution is 6.21. The number of Topliss-reactive ketones (excluding diaryl/α,β-unsaturated/α-hetero) is 1. The smallest absolute Gasteiger partial charge is 0.414 e. The van der Waals surface area contributed by atoms with Crippen LogP contribution in [0.5, 0.6) is 0 Å². The Balaban J connectivity index is 0.000000292. The molecule has 2 aliphatic rings. The molecule has 0 N–H and O–H groups in total. The molecule has 2 aromatic rings. The fraction of sp³-hybridized carbons (Fsp3) is 0.407. The van der Waals surface area contributed by atoms with Crippen LogP contribution < -0.4 is 4.90 Å². The lowest BCUT2D eigenvalue weighted by Gasteiger charge is -2.17. The number of nitrogens with zero attached hydrogens (tertiary/aromatic N) is 2. The van der Waals surface area contributed by atoms with Crippen molar-refractivity contribution in [2.45, 2.75) is 40.2 Å². The maximum atomic E-state index is 12.4. The summed E-state index contributed by atoms with van der Waals surface area (Å²) in [6.45, 7) is 9.11. The third-order valence-corrected chi connectivity index (χ3v) is 5.63. The average molecular weight is 481 g/mol. The monoisotopic (exact) mass is 480 g/mol. The highest BCUT2D eigenvalue weighted by Gasteiger charge is 2.40. The molecule has 1 fully saturated rings. The summed E-state index contributed by atoms with van der Waals surface area (Å²) in [4.78, 5) is 50.0. The number of rotatable bonds is 8. The fourth-order valence-corrected chi connectivity index (χ4v) is 3.70. The Morgan fingerprint density at radius 2 is 1.63 bits per heavy atom. The van der Waals surface area contributed by atoms with Crippen molar-refractivity contribution in [3.05, 3.63) is 65.2 Å². The van der Waals surface area contributed by atoms with Crippen molar-refractivity contribution in [3.8, 4) is 0 Å². The highest BCUT2D eigenvalue weighted by atomic mass is 16.6. The highest BCUT2D eigenvalue weighted by Crippen LogP contribution is 2.26. The first kappa shape index (κ1) is 26.1. The van der Waals surface area contributed by atoms with Gasteiger partial charge in [0.25, 0.3) is 11.8 Å². The van der Waals surface area contributed by atoms with Gasteiger partial charge < -0.3 is 9.47 Å². The SMILES string of the molecule is CC(=O)COCCC(C)C.Cc1ccc(N2CC(CN3C(=O)c4ccccc4C3=O)OC2=O)cc1. The van der Waals surface area contributed by atoms with Crippen molar-refractivity contribution in [3.63, 3.8) is 0 Å². The summed E-state index contributed by atoms with van der Waals surface area (Å²) in [6, 6.07) is 14.2. The van der Waals surface area contributed by atoms with E-state index < -0.39 is 12.2 Å². The second-order valence-electron chi connectivity index (χ2n) is 9.16. The predicted molar refractivity (Wildman–Crippen MR) is 132 cm³/mol. The summed E-state index contributed by atoms with van der Waals surface area (Å²) < 4.78 is 10.4. The molecule has 3 amide bonds. The number of hydrogen-bond donors (Lipinski definition) is 0. The molecule has 0 bridgehead atoms. The lowest BCUT2D eigenvalue weighted by Crippen LogP contribution is -2.38. The van der Waals surface area contributed by atoms with Crippen LogP contribution in [0.3, 0.4) is 0 Å². The van der Waals surface area contributed by atoms with Gasteiger partial charge in [0.1, 0.15) is 12.7 Å². The number of ether oxygens (including phenoxy) is 2. The Hall–Kier alpha value is -3.52. The molecule has 8 nitrogen and oxygen atoms in total. The molecule has 2 heterocycles. The summed E-state index contributed by atoms with van der Waals surface area (Å²) in [6.07, 6.45) is 0.0225. The van der Waals surface area contributed by atoms with Gasteiger partial charge >= 0.3 is 6.09 Å². The van der Waals surface area contributed by atoms with Crippen LogP contribution in [0.15, 0.2) is 48.5 Å². The van der Waals surface area contributed by atoms with Crippen LogP contribution in [0.4, 0.5) is 10.5 Å². The minimum absolute atomic E-state index is 0.0560. The van der Waals surface area contributed by atoms with Gasteiger partial charge in [-0.3, -0.25) is 24.2 Å². The van der Waals surface area contributed by atoms with E-state index in [-0.39, 0.29) is 30.7 Å². The fourth-order valence-electron chi connectivity index (χ4n) is 3.70. The molecule has 186 valence electrons. The van der Waals surface area contributed by atoms with E-state index in [4.69, 9.17) is 9.47 Å². The molecule has 2 aromatic carbocycles. The number of benzene rings is 2. The van der Waals surface area contributed by atoms with E-state index in [0.717, 1.165) is 22.6 Å². The van der Waals surface area contributed by atoms with E-state index in [1.807, 2.05) is 31.2 Å². The normalized spacial score (nSPS) is 16.8. The maximum Gasteiger partial charge on any atom is 0.414 e. The average Bonchev–Trinajstić information content (AvgIpc) is 3.30. The molecule has 35 heavy (non-hydrogen) atoms. The van der Waals surface area contributed by atoms with Gasteiger partial charge in [-0.05, 0) is 50.5 Å². The summed E-state index contributed by atoms with van der Waals surface area (Å²) >= 11 is 0. The zero-order valence-electron chi connectivity index (χ0n) is 20.7. The van der Waals surface area contributed by atoms with E-state index in [0.29, 0.717) is 30.2 Å². The first-order valence-electron chi connectivity index (χ1n) is 11.7. The van der Waals surface area contributed by atoms with Crippen molar-refractivity contribution in [1.29, 1.82) is 0 Å². The molecule has 0 aromatic heterocycles. The first-order chi connectivity index (χ1) is 16.7. The minimum Gasteiger partial charge on any atom is -0.442 e. The second kappa shape index (κ2) is 11.8. The van der Waals surface area contributed by atoms with Gasteiger partial charge in [-0.15, -0.1) is 0 Å². The van der Waals surface area contributed by atoms with Crippen molar-refractivity contribution < 1.29 is 28.7 Å². The summed E-state index contributed by atoms with van der Waals surface area (Å²) in [5, 5.41) is 0. The van der Waals surface area contributed by atoms with Crippen molar-refractivity contribution in [2.75, 3.05) is 31.2 Å². The number of hydrogen-bond acceptors (Lipinski definition) is 6. The molecule has 1 atom stereocenters. The van der Waals surface area contributed by atoms with Crippen LogP contribution in [0.25, 0.3) is 0 Å². The number of aryl methyl sites for hydroxylation is 1. The van der Waals surface area contributed by atoms with Gasteiger partial charge in [0.2, 0.25) is 0 Å². The zero-order valence-corrected chi connectivity index (χ0v) is 20.7. The zero-order chi connectivity index (χ0) is 25.5. The van der Waals surface area contributed by atoms with Crippen LogP contribution in [-0.4, -0.2) is 61.0 Å². The molecule has 2 aliphatic heterocycles. The molecule has 0 aliphatic carbocycles. The van der Waals surface area contributed by atoms with Crippen LogP contribution in [0.1, 0.15) is 53.5 Å². The molecule has 1 saturated heterocycles. The van der Waals surface area contributed by atoms with E-state index in [1.54, 1.807) is 24.3 Å². The van der Waals surface area contributed by atoms with Gasteiger partial charge in [0, 0.05) is 12.3 Å². The van der Waals surface area contributed by atoms with Gasteiger partial charge in [-0.2, -0.15) is 0 Å². The Bertz CT molecular complexity index is 1040. The van der Waals surface area contributed by atoms with Gasteiger partial charge in [-0.25, -0.2) is 4.79 Å². The number of amides is 3. The van der Waals surface area contributed by atoms with Gasteiger partial charge in [-0.1, -0.05) is 43.7 Å². The number of anilines is 1. The molecular formula is C27H32N2O6. The lowest BCUT2D eigenvalue weighted by atomic mass is 10.1. The lowest BCUT2D eigenvalue weighted by molar-refractivity contribution is -0.121. The Morgan fingerprint density at radius 1 is 1.03 bits per heavy atom. The van der Waals surface area contributed by atoms with Crippen LogP contribution in [-0.2, 0) is 14.3 Å². The van der Waals surface area contributed by atoms with Crippen molar-refractivity contribution in [1.82, 2.24) is 4.90 Å².